The number of primary amides is 1. The molecule has 5 rings (SSSR count). The highest BCUT2D eigenvalue weighted by atomic mass is 19.1. The van der Waals surface area contributed by atoms with E-state index in [4.69, 9.17) is 10.2 Å². The van der Waals surface area contributed by atoms with E-state index in [1.807, 2.05) is 0 Å². The number of phenols is 2. The van der Waals surface area contributed by atoms with Gasteiger partial charge in [-0.15, -0.1) is 0 Å². The van der Waals surface area contributed by atoms with Crippen molar-refractivity contribution >= 4 is 118 Å². The molecule has 3 aromatic rings. The number of carboxylic acid groups (broad SMARTS) is 5. The third-order valence-electron chi connectivity index (χ3n) is 19.4. The molecular formula is C79H99F2N13O27. The highest BCUT2D eigenvalue weighted by Crippen LogP contribution is 2.43. The first-order chi connectivity index (χ1) is 57.0. The molecule has 0 saturated carbocycles. The van der Waals surface area contributed by atoms with E-state index < -0.39 is 279 Å². The van der Waals surface area contributed by atoms with Crippen molar-refractivity contribution in [2.45, 2.75) is 199 Å². The number of benzene rings is 4. The van der Waals surface area contributed by atoms with Crippen molar-refractivity contribution in [2.75, 3.05) is 19.6 Å². The fourth-order valence-corrected chi connectivity index (χ4v) is 12.2. The third kappa shape index (κ3) is 30.9. The largest absolute Gasteiger partial charge is 0.508 e. The molecule has 42 heteroatoms. The van der Waals surface area contributed by atoms with E-state index in [1.54, 1.807) is 13.8 Å². The lowest BCUT2D eigenvalue weighted by Crippen LogP contribution is -2.61. The zero-order valence-corrected chi connectivity index (χ0v) is 66.8. The van der Waals surface area contributed by atoms with Crippen LogP contribution in [0.2, 0.25) is 0 Å². The summed E-state index contributed by atoms with van der Waals surface area (Å²) >= 11 is 0. The molecule has 11 atom stereocenters. The molecule has 1 aliphatic heterocycles. The summed E-state index contributed by atoms with van der Waals surface area (Å²) in [4.78, 5) is 250. The van der Waals surface area contributed by atoms with Gasteiger partial charge in [-0.1, -0.05) is 59.1 Å². The Bertz CT molecular complexity index is 4720. The quantitative estimate of drug-likeness (QED) is 0.0187. The molecule has 0 bridgehead atoms. The van der Waals surface area contributed by atoms with Crippen LogP contribution in [-0.4, -0.2) is 216 Å². The Balaban J connectivity index is 1.36. The Morgan fingerprint density at radius 1 is 0.463 bits per heavy atom. The van der Waals surface area contributed by atoms with E-state index in [-0.39, 0.29) is 95.4 Å². The van der Waals surface area contributed by atoms with Gasteiger partial charge >= 0.3 is 29.8 Å². The van der Waals surface area contributed by atoms with E-state index in [9.17, 15) is 136 Å². The zero-order chi connectivity index (χ0) is 90.2. The van der Waals surface area contributed by atoms with Gasteiger partial charge in [0.15, 0.2) is 17.4 Å². The van der Waals surface area contributed by atoms with Crippen LogP contribution < -0.4 is 75.0 Å². The normalized spacial score (nSPS) is 13.8. The number of carbonyl (C=O) groups excluding carboxylic acids is 13. The first kappa shape index (κ1) is 97.8. The molecule has 0 fully saturated rings. The minimum Gasteiger partial charge on any atom is -0.508 e. The highest BCUT2D eigenvalue weighted by molar-refractivity contribution is 6.10. The van der Waals surface area contributed by atoms with Crippen molar-refractivity contribution in [3.63, 3.8) is 0 Å². The summed E-state index contributed by atoms with van der Waals surface area (Å²) in [5.41, 5.74) is 3.11. The van der Waals surface area contributed by atoms with Gasteiger partial charge in [0.05, 0.1) is 12.1 Å². The van der Waals surface area contributed by atoms with Crippen molar-refractivity contribution in [1.29, 1.82) is 0 Å². The van der Waals surface area contributed by atoms with Gasteiger partial charge in [0.25, 0.3) is 5.91 Å². The molecule has 656 valence electrons. The van der Waals surface area contributed by atoms with Crippen LogP contribution >= 0.6 is 0 Å². The van der Waals surface area contributed by atoms with Crippen molar-refractivity contribution in [3.8, 4) is 33.9 Å². The van der Waals surface area contributed by atoms with Gasteiger partial charge < -0.3 is 110 Å². The van der Waals surface area contributed by atoms with Crippen LogP contribution in [0.5, 0.6) is 11.5 Å². The van der Waals surface area contributed by atoms with E-state index >= 15 is 0 Å². The number of hydrogen-bond acceptors (Lipinski definition) is 22. The van der Waals surface area contributed by atoms with Crippen LogP contribution in [0, 0.1) is 23.5 Å². The fourth-order valence-electron chi connectivity index (χ4n) is 12.2. The number of fused-ring (bicyclic) bond motifs is 2. The van der Waals surface area contributed by atoms with E-state index in [0.717, 1.165) is 43.3 Å². The average molecular weight is 1700 g/mol. The number of aromatic hydroxyl groups is 2. The molecular weight excluding hydrogens is 1600 g/mol. The maximum absolute atomic E-state index is 14.9. The SMILES string of the molecule is CC[C@H](C)[C@H](NC(=O)[C@H](CCNC(=O)CCCCCNC(=O)c1ccc(C(=O)O)c(-c2c3cc(F)c(=O)cc-3oc3cc(O)c(F)cc23)c1)NC(=O)[C@H](CCC(=O)O)NC(=O)[C@H](CCC(=O)O)NC(C)=O)C(=O)N[C@@H](Cc1ccc(O)cc1)C(=O)NCC(=O)N[C@@H](CCC(=O)O)C(=O)N[C@H](C(=O)N[C@@H](CCC(=O)O)C(=O)N[C@@H](C)C(N)=O)[C@@H](C)CC. The van der Waals surface area contributed by atoms with Crippen LogP contribution in [0.15, 0.2) is 75.9 Å². The number of hydrogen-bond donors (Lipinski definition) is 20. The first-order valence-electron chi connectivity index (χ1n) is 38.4. The number of carboxylic acids is 5. The van der Waals surface area contributed by atoms with E-state index in [0.29, 0.717) is 0 Å². The lowest BCUT2D eigenvalue weighted by molar-refractivity contribution is -0.140. The minimum absolute atomic E-state index is 0.0237. The number of aromatic carboxylic acids is 1. The Kier molecular flexibility index (Phi) is 38.0. The van der Waals surface area contributed by atoms with Gasteiger partial charge in [-0.05, 0) is 117 Å². The lowest BCUT2D eigenvalue weighted by atomic mass is 9.89. The second-order valence-corrected chi connectivity index (χ2v) is 28.6. The standard InChI is InChI=1S/C79H99F2N13O27/c1-7-37(3)67(77(117)91-52(21-25-64(105)106)72(112)86-39(5)69(82)109)93-75(115)51(20-24-63(103)104)88-61(100)36-85-71(111)55(30-41-13-16-43(96)17-14-41)92-78(118)68(38(4)8-2)94-76(116)54(90-74(114)53(22-26-65(107)108)89-73(113)50(87-40(6)95)19-23-62(101)102)27-29-83-60(99)12-10-9-11-28-84-70(110)42-15-18-44(79(119)120)45(31-42)66-46-32-48(80)56(97)34-58(46)121-59-35-57(98)49(81)33-47(59)66/h13-18,31-35,37-39,50-55,67-68,96-97H,7-12,19-30,36H2,1-6H3,(H2,82,109)(H,83,99)(H,84,110)(H,85,111)(H,86,112)(H,87,95)(H,88,100)(H,89,113)(H,90,114)(H,91,117)(H,92,118)(H,93,115)(H,94,116)(H,101,102)(H,103,104)(H,105,106)(H,107,108)(H,119,120)/t37-,38-,39-,50-,51-,52-,53-,54-,55-,67-,68-/m0/s1. The Hall–Kier alpha value is -13.7. The number of phenolic OH excluding ortho intramolecular Hbond substituents is 2. The topological polar surface area (TPSA) is 649 Å². The summed E-state index contributed by atoms with van der Waals surface area (Å²) in [5, 5.41) is 97.5. The first-order valence-corrected chi connectivity index (χ1v) is 38.4. The second kappa shape index (κ2) is 47.0. The molecule has 2 aliphatic rings. The van der Waals surface area contributed by atoms with Crippen molar-refractivity contribution in [2.24, 2.45) is 17.6 Å². The zero-order valence-electron chi connectivity index (χ0n) is 66.8. The number of aliphatic carboxylic acids is 4. The molecule has 0 saturated heterocycles. The molecule has 121 heavy (non-hydrogen) atoms. The summed E-state index contributed by atoms with van der Waals surface area (Å²) in [7, 11) is 0. The molecule has 0 spiro atoms. The van der Waals surface area contributed by atoms with Gasteiger partial charge in [0.2, 0.25) is 76.3 Å². The number of nitrogens with two attached hydrogens (primary N) is 1. The Morgan fingerprint density at radius 3 is 1.45 bits per heavy atom. The highest BCUT2D eigenvalue weighted by Gasteiger charge is 2.38. The molecule has 21 N–H and O–H groups in total. The molecule has 13 amide bonds. The molecule has 1 aliphatic carbocycles. The van der Waals surface area contributed by atoms with Crippen molar-refractivity contribution < 1.29 is 135 Å². The predicted octanol–water partition coefficient (Wildman–Crippen LogP) is 0.547. The number of nitrogens with one attached hydrogen (secondary N) is 12. The van der Waals surface area contributed by atoms with E-state index in [2.05, 4.69) is 63.8 Å². The van der Waals surface area contributed by atoms with E-state index in [1.165, 1.54) is 51.1 Å². The van der Waals surface area contributed by atoms with Gasteiger partial charge in [0, 0.05) is 92.7 Å². The average Bonchev–Trinajstić information content (AvgIpc) is 0.738. The maximum Gasteiger partial charge on any atom is 0.336 e. The molecule has 40 nitrogen and oxygen atoms in total. The summed E-state index contributed by atoms with van der Waals surface area (Å²) in [6, 6.07) is -2.87. The predicted molar refractivity (Wildman–Crippen MR) is 421 cm³/mol. The summed E-state index contributed by atoms with van der Waals surface area (Å²) < 4.78 is 35.5. The Labute approximate surface area is 689 Å². The molecule has 0 radical (unpaired) electrons. The lowest BCUT2D eigenvalue weighted by Gasteiger charge is -2.29. The Morgan fingerprint density at radius 2 is 0.950 bits per heavy atom. The number of halogens is 2. The summed E-state index contributed by atoms with van der Waals surface area (Å²) in [6.45, 7) is 7.03. The maximum atomic E-state index is 14.9. The fraction of sp³-hybridized carbons (Fsp3) is 0.456. The van der Waals surface area contributed by atoms with Crippen LogP contribution in [0.1, 0.15) is 164 Å². The van der Waals surface area contributed by atoms with Crippen LogP contribution in [0.25, 0.3) is 33.4 Å². The smallest absolute Gasteiger partial charge is 0.336 e. The minimum atomic E-state index is -1.84. The van der Waals surface area contributed by atoms with Gasteiger partial charge in [-0.25, -0.2) is 13.6 Å². The molecule has 0 aromatic heterocycles. The monoisotopic (exact) mass is 1700 g/mol. The number of amides is 13. The van der Waals surface area contributed by atoms with Gasteiger partial charge in [-0.3, -0.25) is 86.3 Å². The molecule has 1 heterocycles. The van der Waals surface area contributed by atoms with Crippen LogP contribution in [-0.2, 0) is 83.1 Å². The summed E-state index contributed by atoms with van der Waals surface area (Å²) in [5.74, 6) is -25.7. The number of unbranched alkanes of at least 4 members (excludes halogenated alkanes) is 2. The van der Waals surface area contributed by atoms with Crippen LogP contribution in [0.4, 0.5) is 8.78 Å². The number of carbonyl (C=O) groups is 18. The van der Waals surface area contributed by atoms with Crippen LogP contribution in [0.3, 0.4) is 0 Å². The number of rotatable bonds is 50. The third-order valence-corrected chi connectivity index (χ3v) is 19.4. The van der Waals surface area contributed by atoms with Gasteiger partial charge in [-0.2, -0.15) is 0 Å². The van der Waals surface area contributed by atoms with Crippen molar-refractivity contribution in [1.82, 2.24) is 63.8 Å². The van der Waals surface area contributed by atoms with Gasteiger partial charge in [0.1, 0.15) is 71.5 Å². The second-order valence-electron chi connectivity index (χ2n) is 28.6. The summed E-state index contributed by atoms with van der Waals surface area (Å²) in [6.07, 6.45) is -5.27. The van der Waals surface area contributed by atoms with Crippen molar-refractivity contribution in [3.05, 3.63) is 105 Å². The molecule has 3 aromatic carbocycles. The molecule has 0 unspecified atom stereocenters.